The minimum Gasteiger partial charge on any atom is -0.0654 e. The van der Waals surface area contributed by atoms with Gasteiger partial charge in [0.1, 0.15) is 0 Å². The van der Waals surface area contributed by atoms with Gasteiger partial charge in [0.15, 0.2) is 0 Å². The van der Waals surface area contributed by atoms with E-state index in [1.807, 2.05) is 0 Å². The summed E-state index contributed by atoms with van der Waals surface area (Å²) in [5.74, 6) is 1.71. The zero-order valence-electron chi connectivity index (χ0n) is 19.4. The van der Waals surface area contributed by atoms with Crippen LogP contribution in [0.3, 0.4) is 0 Å². The second-order valence-electron chi connectivity index (χ2n) is 9.45. The second kappa shape index (κ2) is 11.0. The number of rotatable bonds is 12. The van der Waals surface area contributed by atoms with Gasteiger partial charge in [-0.1, -0.05) is 115 Å². The average Bonchev–Trinajstić information content (AvgIpc) is 3.05. The molecule has 29 heavy (non-hydrogen) atoms. The highest BCUT2D eigenvalue weighted by atomic mass is 14.2. The van der Waals surface area contributed by atoms with Crippen LogP contribution >= 0.6 is 0 Å². The van der Waals surface area contributed by atoms with Gasteiger partial charge in [0.25, 0.3) is 0 Å². The Bertz CT molecular complexity index is 692. The van der Waals surface area contributed by atoms with Crippen molar-refractivity contribution in [2.75, 3.05) is 0 Å². The Hall–Kier alpha value is -1.56. The lowest BCUT2D eigenvalue weighted by Gasteiger charge is -2.16. The van der Waals surface area contributed by atoms with Crippen LogP contribution in [-0.2, 0) is 19.3 Å². The van der Waals surface area contributed by atoms with Gasteiger partial charge in [-0.15, -0.1) is 0 Å². The fourth-order valence-electron chi connectivity index (χ4n) is 5.57. The van der Waals surface area contributed by atoms with Gasteiger partial charge in [-0.2, -0.15) is 0 Å². The molecule has 0 bridgehead atoms. The van der Waals surface area contributed by atoms with Gasteiger partial charge < -0.3 is 0 Å². The molecule has 0 nitrogen and oxygen atoms in total. The third-order valence-electron chi connectivity index (χ3n) is 6.85. The van der Waals surface area contributed by atoms with E-state index in [9.17, 15) is 0 Å². The lowest BCUT2D eigenvalue weighted by Crippen LogP contribution is -2.04. The molecule has 3 rings (SSSR count). The fourth-order valence-corrected chi connectivity index (χ4v) is 5.57. The van der Waals surface area contributed by atoms with E-state index < -0.39 is 0 Å². The van der Waals surface area contributed by atoms with Crippen LogP contribution in [0.2, 0.25) is 0 Å². The fraction of sp³-hybridized carbons (Fsp3) is 0.586. The van der Waals surface area contributed by atoms with Crippen molar-refractivity contribution in [2.24, 2.45) is 11.8 Å². The average molecular weight is 391 g/mol. The Morgan fingerprint density at radius 3 is 1.31 bits per heavy atom. The number of benzene rings is 2. The molecule has 2 aromatic rings. The van der Waals surface area contributed by atoms with Crippen LogP contribution in [0.5, 0.6) is 0 Å². The molecule has 0 fully saturated rings. The first-order valence-electron chi connectivity index (χ1n) is 12.4. The van der Waals surface area contributed by atoms with E-state index in [4.69, 9.17) is 0 Å². The molecule has 0 aromatic heterocycles. The first-order chi connectivity index (χ1) is 14.2. The highest BCUT2D eigenvalue weighted by molar-refractivity contribution is 5.77. The van der Waals surface area contributed by atoms with Gasteiger partial charge in [-0.25, -0.2) is 0 Å². The van der Waals surface area contributed by atoms with E-state index in [1.165, 1.54) is 75.3 Å². The van der Waals surface area contributed by atoms with E-state index in [0.717, 1.165) is 18.3 Å². The third-order valence-corrected chi connectivity index (χ3v) is 6.85. The maximum atomic E-state index is 2.52. The van der Waals surface area contributed by atoms with Crippen LogP contribution in [0.25, 0.3) is 11.1 Å². The molecule has 0 atom stereocenters. The van der Waals surface area contributed by atoms with Gasteiger partial charge in [-0.05, 0) is 64.5 Å². The van der Waals surface area contributed by atoms with Crippen LogP contribution in [0.4, 0.5) is 0 Å². The zero-order chi connectivity index (χ0) is 20.6. The van der Waals surface area contributed by atoms with Crippen molar-refractivity contribution in [3.05, 3.63) is 58.7 Å². The lowest BCUT2D eigenvalue weighted by molar-refractivity contribution is 0.438. The van der Waals surface area contributed by atoms with E-state index in [1.54, 1.807) is 22.3 Å². The largest absolute Gasteiger partial charge is 0.0654 e. The van der Waals surface area contributed by atoms with Crippen LogP contribution in [0, 0.1) is 11.8 Å². The second-order valence-corrected chi connectivity index (χ2v) is 9.45. The monoisotopic (exact) mass is 390 g/mol. The molecule has 1 aliphatic carbocycles. The maximum Gasteiger partial charge on any atom is -0.00133 e. The summed E-state index contributed by atoms with van der Waals surface area (Å²) in [7, 11) is 0. The van der Waals surface area contributed by atoms with Crippen molar-refractivity contribution >= 4 is 0 Å². The number of hydrogen-bond donors (Lipinski definition) is 0. The predicted molar refractivity (Wildman–Crippen MR) is 129 cm³/mol. The Morgan fingerprint density at radius 2 is 0.966 bits per heavy atom. The van der Waals surface area contributed by atoms with E-state index in [-0.39, 0.29) is 0 Å². The summed E-state index contributed by atoms with van der Waals surface area (Å²) in [6, 6.07) is 14.6. The molecule has 0 N–H and O–H groups in total. The number of fused-ring (bicyclic) bond motifs is 3. The summed E-state index contributed by atoms with van der Waals surface area (Å²) in [4.78, 5) is 0. The summed E-state index contributed by atoms with van der Waals surface area (Å²) >= 11 is 0. The summed E-state index contributed by atoms with van der Waals surface area (Å²) < 4.78 is 0. The van der Waals surface area contributed by atoms with Gasteiger partial charge in [0, 0.05) is 0 Å². The molecule has 2 aromatic carbocycles. The maximum absolute atomic E-state index is 2.52. The molecule has 0 heteroatoms. The van der Waals surface area contributed by atoms with Gasteiger partial charge in [0.2, 0.25) is 0 Å². The first kappa shape index (κ1) is 22.1. The highest BCUT2D eigenvalue weighted by Crippen LogP contribution is 2.38. The molecular formula is C29H42. The van der Waals surface area contributed by atoms with Crippen molar-refractivity contribution in [1.29, 1.82) is 0 Å². The molecule has 0 saturated carbocycles. The van der Waals surface area contributed by atoms with Gasteiger partial charge in [-0.3, -0.25) is 0 Å². The van der Waals surface area contributed by atoms with E-state index in [2.05, 4.69) is 64.1 Å². The predicted octanol–water partition coefficient (Wildman–Crippen LogP) is 8.78. The molecule has 158 valence electrons. The summed E-state index contributed by atoms with van der Waals surface area (Å²) in [5, 5.41) is 0. The molecule has 0 saturated heterocycles. The SMILES string of the molecule is CCCC(CCC)Cc1ccc2c(c1)Cc1cc(CC(CCC)CCC)ccc1-2. The van der Waals surface area contributed by atoms with Crippen molar-refractivity contribution < 1.29 is 0 Å². The van der Waals surface area contributed by atoms with Crippen LogP contribution in [-0.4, -0.2) is 0 Å². The minimum atomic E-state index is 0.854. The molecule has 0 aliphatic heterocycles. The van der Waals surface area contributed by atoms with Crippen molar-refractivity contribution in [2.45, 2.75) is 98.3 Å². The normalized spacial score (nSPS) is 12.6. The standard InChI is InChI=1S/C29H42/c1-5-9-22(10-6-2)17-24-13-15-28-26(19-24)21-27-20-25(14-16-29(27)28)18-23(11-7-3)12-8-4/h13-16,19-20,22-23H,5-12,17-18,21H2,1-4H3. The molecule has 0 amide bonds. The molecular weight excluding hydrogens is 348 g/mol. The Kier molecular flexibility index (Phi) is 8.40. The number of hydrogen-bond acceptors (Lipinski definition) is 0. The molecule has 0 unspecified atom stereocenters. The molecule has 0 spiro atoms. The van der Waals surface area contributed by atoms with Crippen LogP contribution in [0.1, 0.15) is 101 Å². The van der Waals surface area contributed by atoms with Gasteiger partial charge >= 0.3 is 0 Å². The Morgan fingerprint density at radius 1 is 0.586 bits per heavy atom. The smallest absolute Gasteiger partial charge is 0.00133 e. The van der Waals surface area contributed by atoms with Crippen LogP contribution < -0.4 is 0 Å². The summed E-state index contributed by atoms with van der Waals surface area (Å²) in [5.41, 5.74) is 9.18. The Labute approximate surface area is 180 Å². The first-order valence-corrected chi connectivity index (χ1v) is 12.4. The van der Waals surface area contributed by atoms with Crippen molar-refractivity contribution in [3.63, 3.8) is 0 Å². The molecule has 1 aliphatic rings. The highest BCUT2D eigenvalue weighted by Gasteiger charge is 2.20. The zero-order valence-corrected chi connectivity index (χ0v) is 19.4. The third kappa shape index (κ3) is 5.74. The quantitative estimate of drug-likeness (QED) is 0.290. The lowest BCUT2D eigenvalue weighted by atomic mass is 9.89. The topological polar surface area (TPSA) is 0 Å². The van der Waals surface area contributed by atoms with Crippen molar-refractivity contribution in [3.8, 4) is 11.1 Å². The summed E-state index contributed by atoms with van der Waals surface area (Å²) in [6.45, 7) is 9.30. The molecule has 0 heterocycles. The van der Waals surface area contributed by atoms with E-state index >= 15 is 0 Å². The molecule has 0 radical (unpaired) electrons. The Balaban J connectivity index is 1.73. The van der Waals surface area contributed by atoms with Gasteiger partial charge in [0.05, 0.1) is 0 Å². The summed E-state index contributed by atoms with van der Waals surface area (Å²) in [6.07, 6.45) is 14.3. The minimum absolute atomic E-state index is 0.854. The van der Waals surface area contributed by atoms with Crippen LogP contribution in [0.15, 0.2) is 36.4 Å². The van der Waals surface area contributed by atoms with E-state index in [0.29, 0.717) is 0 Å². The van der Waals surface area contributed by atoms with Crippen molar-refractivity contribution in [1.82, 2.24) is 0 Å².